The second-order valence-electron chi connectivity index (χ2n) is 6.46. The molecular formula is C25H20N2O2Se. The molecule has 1 heterocycles. The summed E-state index contributed by atoms with van der Waals surface area (Å²) in [7, 11) is 1.67. The number of rotatable bonds is 6. The van der Waals surface area contributed by atoms with Crippen molar-refractivity contribution in [3.63, 3.8) is 0 Å². The van der Waals surface area contributed by atoms with Crippen LogP contribution in [-0.4, -0.2) is 33.0 Å². The number of methoxy groups -OCH3 is 1. The van der Waals surface area contributed by atoms with Gasteiger partial charge in [0.05, 0.1) is 0 Å². The maximum absolute atomic E-state index is 12.7. The molecule has 1 N–H and O–H groups in total. The van der Waals surface area contributed by atoms with Crippen LogP contribution in [0.15, 0.2) is 97.2 Å². The van der Waals surface area contributed by atoms with E-state index in [1.807, 2.05) is 42.5 Å². The number of para-hydroxylation sites is 1. The molecule has 1 aromatic heterocycles. The quantitative estimate of drug-likeness (QED) is 0.448. The predicted molar refractivity (Wildman–Crippen MR) is 122 cm³/mol. The number of aromatic nitrogens is 1. The molecule has 5 heteroatoms. The molecule has 0 radical (unpaired) electrons. The number of carbonyl (C=O) groups is 1. The first-order valence-electron chi connectivity index (χ1n) is 9.48. The van der Waals surface area contributed by atoms with Gasteiger partial charge in [-0.05, 0) is 0 Å². The monoisotopic (exact) mass is 460 g/mol. The molecule has 1 amide bonds. The summed E-state index contributed by atoms with van der Waals surface area (Å²) in [5, 5.41) is 3.02. The van der Waals surface area contributed by atoms with Crippen LogP contribution in [0.2, 0.25) is 0 Å². The minimum atomic E-state index is -0.243. The molecular weight excluding hydrogens is 439 g/mol. The van der Waals surface area contributed by atoms with E-state index in [1.54, 1.807) is 31.5 Å². The zero-order valence-corrected chi connectivity index (χ0v) is 18.1. The van der Waals surface area contributed by atoms with E-state index in [9.17, 15) is 4.79 Å². The summed E-state index contributed by atoms with van der Waals surface area (Å²) in [5.74, 6) is 0.540. The van der Waals surface area contributed by atoms with Crippen molar-refractivity contribution in [2.45, 2.75) is 0 Å². The van der Waals surface area contributed by atoms with E-state index >= 15 is 0 Å². The summed E-state index contributed by atoms with van der Waals surface area (Å²) < 4.78 is 8.17. The Hall–Kier alpha value is -3.40. The molecule has 0 aliphatic rings. The topological polar surface area (TPSA) is 51.2 Å². The molecule has 0 aliphatic heterocycles. The average Bonchev–Trinajstić information content (AvgIpc) is 2.80. The number of hydrogen-bond acceptors (Lipinski definition) is 3. The number of ether oxygens (including phenoxy) is 1. The van der Waals surface area contributed by atoms with Gasteiger partial charge in [0.1, 0.15) is 0 Å². The van der Waals surface area contributed by atoms with E-state index in [0.29, 0.717) is 5.69 Å². The van der Waals surface area contributed by atoms with E-state index in [1.165, 1.54) is 8.92 Å². The van der Waals surface area contributed by atoms with Gasteiger partial charge in [0, 0.05) is 0 Å². The Balaban J connectivity index is 1.76. The summed E-state index contributed by atoms with van der Waals surface area (Å²) in [6.45, 7) is 0. The van der Waals surface area contributed by atoms with E-state index in [4.69, 9.17) is 4.74 Å². The summed E-state index contributed by atoms with van der Waals surface area (Å²) in [4.78, 5) is 16.9. The molecule has 0 saturated carbocycles. The van der Waals surface area contributed by atoms with Crippen molar-refractivity contribution in [3.05, 3.63) is 103 Å². The molecule has 0 atom stereocenters. The van der Waals surface area contributed by atoms with Crippen LogP contribution in [0.1, 0.15) is 10.5 Å². The molecule has 30 heavy (non-hydrogen) atoms. The van der Waals surface area contributed by atoms with Crippen LogP contribution in [0.5, 0.6) is 5.75 Å². The van der Waals surface area contributed by atoms with E-state index in [2.05, 4.69) is 40.6 Å². The Labute approximate surface area is 182 Å². The number of nitrogens with zero attached hydrogens (tertiary/aromatic N) is 1. The van der Waals surface area contributed by atoms with Crippen LogP contribution < -0.4 is 19.0 Å². The third kappa shape index (κ3) is 4.43. The van der Waals surface area contributed by atoms with Crippen molar-refractivity contribution in [1.82, 2.24) is 4.98 Å². The second-order valence-corrected chi connectivity index (χ2v) is 8.80. The summed E-state index contributed by atoms with van der Waals surface area (Å²) in [6, 6.07) is 29.6. The first kappa shape index (κ1) is 19.9. The van der Waals surface area contributed by atoms with Crippen LogP contribution in [0.4, 0.5) is 5.69 Å². The minimum absolute atomic E-state index is 0.0865. The standard InChI is InChI=1S/C25H20N2O2Se/c1-29-22-15-9-16-23(30-18-10-3-2-4-11-18)24(22)19-12-5-6-13-20(19)27-25(28)21-14-7-8-17-26-21/h2-17H,1H3,(H,27,28). The van der Waals surface area contributed by atoms with Crippen molar-refractivity contribution >= 4 is 35.5 Å². The Morgan fingerprint density at radius 3 is 2.40 bits per heavy atom. The van der Waals surface area contributed by atoms with Gasteiger partial charge < -0.3 is 0 Å². The molecule has 0 spiro atoms. The summed E-state index contributed by atoms with van der Waals surface area (Å²) in [5.41, 5.74) is 3.02. The van der Waals surface area contributed by atoms with Crippen LogP contribution >= 0.6 is 0 Å². The molecule has 0 unspecified atom stereocenters. The third-order valence-corrected chi connectivity index (χ3v) is 6.76. The number of hydrogen-bond donors (Lipinski definition) is 1. The number of carbonyl (C=O) groups excluding carboxylic acids is 1. The molecule has 4 aromatic rings. The summed E-state index contributed by atoms with van der Waals surface area (Å²) in [6.07, 6.45) is 1.61. The van der Waals surface area contributed by atoms with Crippen molar-refractivity contribution < 1.29 is 9.53 Å². The number of nitrogens with one attached hydrogen (secondary N) is 1. The van der Waals surface area contributed by atoms with Gasteiger partial charge in [0.2, 0.25) is 0 Å². The Bertz CT molecular complexity index is 1150. The van der Waals surface area contributed by atoms with Crippen molar-refractivity contribution in [3.8, 4) is 16.9 Å². The first-order valence-corrected chi connectivity index (χ1v) is 11.2. The number of pyridine rings is 1. The zero-order chi connectivity index (χ0) is 20.8. The van der Waals surface area contributed by atoms with Crippen LogP contribution in [0, 0.1) is 0 Å². The van der Waals surface area contributed by atoms with Gasteiger partial charge in [-0.15, -0.1) is 0 Å². The van der Waals surface area contributed by atoms with Gasteiger partial charge in [0.25, 0.3) is 0 Å². The Morgan fingerprint density at radius 2 is 1.63 bits per heavy atom. The fourth-order valence-corrected chi connectivity index (χ4v) is 5.25. The predicted octanol–water partition coefficient (Wildman–Crippen LogP) is 3.66. The molecule has 0 saturated heterocycles. The molecule has 4 nitrogen and oxygen atoms in total. The first-order chi connectivity index (χ1) is 14.8. The maximum atomic E-state index is 12.7. The van der Waals surface area contributed by atoms with Crippen LogP contribution in [0.25, 0.3) is 11.1 Å². The average molecular weight is 459 g/mol. The second kappa shape index (κ2) is 9.40. The molecule has 0 aliphatic carbocycles. The van der Waals surface area contributed by atoms with Gasteiger partial charge in [0.15, 0.2) is 0 Å². The fraction of sp³-hybridized carbons (Fsp3) is 0.0400. The van der Waals surface area contributed by atoms with Crippen molar-refractivity contribution in [2.75, 3.05) is 12.4 Å². The van der Waals surface area contributed by atoms with Gasteiger partial charge in [-0.2, -0.15) is 0 Å². The third-order valence-electron chi connectivity index (χ3n) is 4.52. The van der Waals surface area contributed by atoms with Gasteiger partial charge in [-0.25, -0.2) is 0 Å². The number of benzene rings is 3. The van der Waals surface area contributed by atoms with Crippen LogP contribution in [0.3, 0.4) is 0 Å². The molecule has 4 rings (SSSR count). The van der Waals surface area contributed by atoms with E-state index in [-0.39, 0.29) is 20.9 Å². The van der Waals surface area contributed by atoms with E-state index < -0.39 is 0 Å². The van der Waals surface area contributed by atoms with Crippen molar-refractivity contribution in [1.29, 1.82) is 0 Å². The van der Waals surface area contributed by atoms with Crippen molar-refractivity contribution in [2.24, 2.45) is 0 Å². The molecule has 0 fully saturated rings. The normalized spacial score (nSPS) is 10.4. The SMILES string of the molecule is COc1cccc([Se]c2ccccc2)c1-c1ccccc1NC(=O)c1ccccn1. The molecule has 0 bridgehead atoms. The Morgan fingerprint density at radius 1 is 0.867 bits per heavy atom. The molecule has 3 aromatic carbocycles. The zero-order valence-electron chi connectivity index (χ0n) is 16.4. The van der Waals surface area contributed by atoms with Gasteiger partial charge >= 0.3 is 182 Å². The molecule has 148 valence electrons. The van der Waals surface area contributed by atoms with E-state index in [0.717, 1.165) is 22.6 Å². The van der Waals surface area contributed by atoms with Crippen LogP contribution in [-0.2, 0) is 0 Å². The Kier molecular flexibility index (Phi) is 6.23. The van der Waals surface area contributed by atoms with Gasteiger partial charge in [-0.1, -0.05) is 0 Å². The number of anilines is 1. The fourth-order valence-electron chi connectivity index (χ4n) is 3.14. The van der Waals surface area contributed by atoms with Gasteiger partial charge in [-0.3, -0.25) is 0 Å². The number of amides is 1. The summed E-state index contributed by atoms with van der Waals surface area (Å²) >= 11 is 0.0865.